The molecule has 5 heteroatoms. The molecule has 0 radical (unpaired) electrons. The minimum atomic E-state index is -0.484. The summed E-state index contributed by atoms with van der Waals surface area (Å²) in [5.41, 5.74) is 0.273. The fourth-order valence-electron chi connectivity index (χ4n) is 2.66. The molecule has 0 saturated heterocycles. The maximum Gasteiger partial charge on any atom is 0.309 e. The molecule has 0 heterocycles. The molecule has 0 aromatic heterocycles. The van der Waals surface area contributed by atoms with Crippen molar-refractivity contribution in [1.29, 1.82) is 0 Å². The molecule has 0 spiro atoms. The largest absolute Gasteiger partial charge is 0.462 e. The molecule has 3 rings (SSSR count). The Morgan fingerprint density at radius 1 is 1.20 bits per heavy atom. The van der Waals surface area contributed by atoms with Crippen LogP contribution < -0.4 is 0 Å². The summed E-state index contributed by atoms with van der Waals surface area (Å²) in [6.07, 6.45) is 2.04. The molecule has 0 bridgehead atoms. The zero-order valence-corrected chi connectivity index (χ0v) is 11.1. The highest BCUT2D eigenvalue weighted by Crippen LogP contribution is 2.49. The van der Waals surface area contributed by atoms with E-state index in [2.05, 4.69) is 0 Å². The molecule has 3 nitrogen and oxygen atoms in total. The highest BCUT2D eigenvalue weighted by molar-refractivity contribution is 5.77. The van der Waals surface area contributed by atoms with Gasteiger partial charge in [0.2, 0.25) is 0 Å². The number of methoxy groups -OCH3 is 1. The fourth-order valence-corrected chi connectivity index (χ4v) is 2.66. The van der Waals surface area contributed by atoms with Crippen molar-refractivity contribution >= 4 is 5.97 Å². The number of esters is 1. The molecular weight excluding hydrogens is 266 g/mol. The third-order valence-corrected chi connectivity index (χ3v) is 4.12. The second-order valence-electron chi connectivity index (χ2n) is 5.50. The number of rotatable bonds is 4. The molecule has 2 fully saturated rings. The van der Waals surface area contributed by atoms with Gasteiger partial charge in [-0.1, -0.05) is 0 Å². The number of halogens is 2. The molecular formula is C15H16F2O3. The highest BCUT2D eigenvalue weighted by Gasteiger charge is 2.48. The second kappa shape index (κ2) is 5.13. The van der Waals surface area contributed by atoms with Gasteiger partial charge in [-0.15, -0.1) is 0 Å². The molecule has 0 N–H and O–H groups in total. The van der Waals surface area contributed by atoms with Gasteiger partial charge in [-0.3, -0.25) is 4.79 Å². The van der Waals surface area contributed by atoms with Gasteiger partial charge < -0.3 is 9.47 Å². The molecule has 0 aliphatic heterocycles. The number of benzene rings is 1. The van der Waals surface area contributed by atoms with Crippen molar-refractivity contribution in [3.05, 3.63) is 35.4 Å². The van der Waals surface area contributed by atoms with Crippen LogP contribution in [0.1, 0.15) is 30.7 Å². The number of hydrogen-bond donors (Lipinski definition) is 0. The van der Waals surface area contributed by atoms with E-state index in [1.54, 1.807) is 7.11 Å². The zero-order chi connectivity index (χ0) is 14.3. The zero-order valence-electron chi connectivity index (χ0n) is 11.1. The van der Waals surface area contributed by atoms with Crippen LogP contribution in [0.5, 0.6) is 0 Å². The predicted molar refractivity (Wildman–Crippen MR) is 67.1 cm³/mol. The average molecular weight is 282 g/mol. The summed E-state index contributed by atoms with van der Waals surface area (Å²) in [7, 11) is 1.63. The first-order valence-corrected chi connectivity index (χ1v) is 6.76. The van der Waals surface area contributed by atoms with E-state index in [1.165, 1.54) is 0 Å². The highest BCUT2D eigenvalue weighted by atomic mass is 19.1. The summed E-state index contributed by atoms with van der Waals surface area (Å²) in [4.78, 5) is 11.9. The van der Waals surface area contributed by atoms with Gasteiger partial charge in [-0.25, -0.2) is 8.78 Å². The Kier molecular flexibility index (Phi) is 3.46. The summed E-state index contributed by atoms with van der Waals surface area (Å²) in [5.74, 6) is -1.85. The first-order valence-electron chi connectivity index (χ1n) is 6.76. The number of ether oxygens (including phenoxy) is 2. The van der Waals surface area contributed by atoms with Crippen LogP contribution in [0, 0.1) is 17.6 Å². The Morgan fingerprint density at radius 3 is 2.65 bits per heavy atom. The molecule has 2 unspecified atom stereocenters. The van der Waals surface area contributed by atoms with Gasteiger partial charge >= 0.3 is 5.97 Å². The van der Waals surface area contributed by atoms with Crippen molar-refractivity contribution in [3.8, 4) is 0 Å². The molecule has 108 valence electrons. The predicted octanol–water partition coefficient (Wildman–Crippen LogP) is 2.79. The van der Waals surface area contributed by atoms with Crippen LogP contribution in [0.4, 0.5) is 8.78 Å². The number of hydrogen-bond acceptors (Lipinski definition) is 3. The first kappa shape index (κ1) is 13.5. The summed E-state index contributed by atoms with van der Waals surface area (Å²) < 4.78 is 37.2. The summed E-state index contributed by atoms with van der Waals surface area (Å²) in [6, 6.07) is 3.34. The number of carbonyl (C=O) groups excluding carboxylic acids is 1. The van der Waals surface area contributed by atoms with Crippen molar-refractivity contribution in [2.75, 3.05) is 7.11 Å². The molecule has 2 aliphatic rings. The van der Waals surface area contributed by atoms with Gasteiger partial charge in [0.1, 0.15) is 17.7 Å². The van der Waals surface area contributed by atoms with Crippen molar-refractivity contribution in [1.82, 2.24) is 0 Å². The lowest BCUT2D eigenvalue weighted by Gasteiger charge is -2.33. The van der Waals surface area contributed by atoms with Gasteiger partial charge in [0.25, 0.3) is 0 Å². The van der Waals surface area contributed by atoms with E-state index >= 15 is 0 Å². The fraction of sp³-hybridized carbons (Fsp3) is 0.533. The molecule has 2 aliphatic carbocycles. The van der Waals surface area contributed by atoms with Crippen LogP contribution in [-0.2, 0) is 14.3 Å². The Balaban J connectivity index is 1.56. The maximum absolute atomic E-state index is 13.6. The maximum atomic E-state index is 13.6. The van der Waals surface area contributed by atoms with Crippen molar-refractivity contribution in [2.24, 2.45) is 5.92 Å². The van der Waals surface area contributed by atoms with Crippen LogP contribution in [0.25, 0.3) is 0 Å². The third-order valence-electron chi connectivity index (χ3n) is 4.12. The second-order valence-corrected chi connectivity index (χ2v) is 5.50. The minimum Gasteiger partial charge on any atom is -0.462 e. The summed E-state index contributed by atoms with van der Waals surface area (Å²) in [6.45, 7) is 0. The van der Waals surface area contributed by atoms with E-state index in [0.29, 0.717) is 19.3 Å². The van der Waals surface area contributed by atoms with Crippen molar-refractivity contribution < 1.29 is 23.0 Å². The van der Waals surface area contributed by atoms with Gasteiger partial charge in [-0.2, -0.15) is 0 Å². The van der Waals surface area contributed by atoms with E-state index in [0.717, 1.165) is 18.2 Å². The lowest BCUT2D eigenvalue weighted by atomic mass is 9.92. The van der Waals surface area contributed by atoms with E-state index in [-0.39, 0.29) is 35.6 Å². The van der Waals surface area contributed by atoms with E-state index in [9.17, 15) is 13.6 Å². The van der Waals surface area contributed by atoms with Crippen LogP contribution in [-0.4, -0.2) is 25.3 Å². The number of carbonyl (C=O) groups is 1. The Labute approximate surface area is 115 Å². The third kappa shape index (κ3) is 2.54. The normalized spacial score (nSPS) is 31.6. The quantitative estimate of drug-likeness (QED) is 0.797. The average Bonchev–Trinajstić information content (AvgIpc) is 3.16. The van der Waals surface area contributed by atoms with E-state index < -0.39 is 11.6 Å². The smallest absolute Gasteiger partial charge is 0.309 e. The lowest BCUT2D eigenvalue weighted by Crippen LogP contribution is -2.38. The molecule has 2 atom stereocenters. The summed E-state index contributed by atoms with van der Waals surface area (Å²) >= 11 is 0. The van der Waals surface area contributed by atoms with Gasteiger partial charge in [0.15, 0.2) is 0 Å². The van der Waals surface area contributed by atoms with E-state index in [4.69, 9.17) is 9.47 Å². The Bertz CT molecular complexity index is 526. The Morgan fingerprint density at radius 2 is 1.95 bits per heavy atom. The van der Waals surface area contributed by atoms with Crippen molar-refractivity contribution in [2.45, 2.75) is 37.4 Å². The van der Waals surface area contributed by atoms with Gasteiger partial charge in [0.05, 0.1) is 12.0 Å². The standard InChI is InChI=1S/C15H16F2O3/c1-19-9-5-10(6-9)20-15(18)13-7-11(13)12-4-8(16)2-3-14(12)17/h2-4,9-11,13H,5-7H2,1H3. The van der Waals surface area contributed by atoms with Gasteiger partial charge in [-0.05, 0) is 30.2 Å². The van der Waals surface area contributed by atoms with Crippen LogP contribution in [0.3, 0.4) is 0 Å². The van der Waals surface area contributed by atoms with Crippen LogP contribution in [0.2, 0.25) is 0 Å². The molecule has 2 saturated carbocycles. The van der Waals surface area contributed by atoms with Crippen LogP contribution >= 0.6 is 0 Å². The monoisotopic (exact) mass is 282 g/mol. The Hall–Kier alpha value is -1.49. The first-order chi connectivity index (χ1) is 9.58. The molecule has 1 aromatic rings. The van der Waals surface area contributed by atoms with E-state index in [1.807, 2.05) is 0 Å². The van der Waals surface area contributed by atoms with Crippen molar-refractivity contribution in [3.63, 3.8) is 0 Å². The SMILES string of the molecule is COC1CC(OC(=O)C2CC2c2cc(F)ccc2F)C1. The minimum absolute atomic E-state index is 0.0916. The topological polar surface area (TPSA) is 35.5 Å². The van der Waals surface area contributed by atoms with Gasteiger partial charge in [0, 0.05) is 25.9 Å². The lowest BCUT2D eigenvalue weighted by molar-refractivity contribution is -0.162. The molecule has 0 amide bonds. The molecule has 20 heavy (non-hydrogen) atoms. The molecule has 1 aromatic carbocycles. The summed E-state index contributed by atoms with van der Waals surface area (Å²) in [5, 5.41) is 0. The van der Waals surface area contributed by atoms with Crippen LogP contribution in [0.15, 0.2) is 18.2 Å².